The van der Waals surface area contributed by atoms with Gasteiger partial charge >= 0.3 is 0 Å². The van der Waals surface area contributed by atoms with Crippen molar-refractivity contribution in [2.75, 3.05) is 0 Å². The summed E-state index contributed by atoms with van der Waals surface area (Å²) in [5.74, 6) is -0.102. The minimum Gasteiger partial charge on any atom is -0.307 e. The summed E-state index contributed by atoms with van der Waals surface area (Å²) in [6, 6.07) is 6.34. The highest BCUT2D eigenvalue weighted by atomic mass is 19.1. The second-order valence-corrected chi connectivity index (χ2v) is 6.85. The molecule has 2 heteroatoms. The number of halogens is 1. The van der Waals surface area contributed by atoms with Crippen molar-refractivity contribution in [3.8, 4) is 0 Å². The van der Waals surface area contributed by atoms with E-state index in [9.17, 15) is 4.39 Å². The van der Waals surface area contributed by atoms with E-state index in [1.165, 1.54) is 25.7 Å². The number of nitrogens with one attached hydrogen (secondary N) is 1. The fraction of sp³-hybridized carbons (Fsp3) is 0.647. The van der Waals surface area contributed by atoms with Gasteiger partial charge in [0.15, 0.2) is 0 Å². The van der Waals surface area contributed by atoms with Gasteiger partial charge in [0, 0.05) is 12.1 Å². The molecule has 1 N–H and O–H groups in total. The molecule has 2 rings (SSSR count). The van der Waals surface area contributed by atoms with Crippen molar-refractivity contribution in [2.45, 2.75) is 65.5 Å². The first-order valence-corrected chi connectivity index (χ1v) is 7.39. The number of hydrogen-bond acceptors (Lipinski definition) is 1. The van der Waals surface area contributed by atoms with Gasteiger partial charge in [0.2, 0.25) is 0 Å². The van der Waals surface area contributed by atoms with Crippen LogP contribution in [0.2, 0.25) is 0 Å². The van der Waals surface area contributed by atoms with Crippen LogP contribution in [0.4, 0.5) is 4.39 Å². The monoisotopic (exact) mass is 263 g/mol. The molecule has 0 amide bonds. The van der Waals surface area contributed by atoms with E-state index in [2.05, 4.69) is 26.1 Å². The van der Waals surface area contributed by atoms with E-state index in [4.69, 9.17) is 0 Å². The summed E-state index contributed by atoms with van der Waals surface area (Å²) in [6.45, 7) is 8.63. The molecule has 0 heterocycles. The molecular formula is C17H26FN. The Kier molecular flexibility index (Phi) is 4.29. The van der Waals surface area contributed by atoms with Crippen LogP contribution in [0.5, 0.6) is 0 Å². The lowest BCUT2D eigenvalue weighted by Gasteiger charge is -2.37. The van der Waals surface area contributed by atoms with E-state index in [0.29, 0.717) is 11.5 Å². The first-order valence-electron chi connectivity index (χ1n) is 7.39. The van der Waals surface area contributed by atoms with Crippen molar-refractivity contribution >= 4 is 0 Å². The smallest absolute Gasteiger partial charge is 0.126 e. The molecule has 1 aromatic carbocycles. The Bertz CT molecular complexity index is 439. The summed E-state index contributed by atoms with van der Waals surface area (Å²) in [6.07, 6.45) is 5.06. The highest BCUT2D eigenvalue weighted by molar-refractivity contribution is 5.25. The van der Waals surface area contributed by atoms with Crippen LogP contribution in [0, 0.1) is 18.2 Å². The minimum absolute atomic E-state index is 0.102. The van der Waals surface area contributed by atoms with Gasteiger partial charge in [-0.3, -0.25) is 0 Å². The van der Waals surface area contributed by atoms with Crippen LogP contribution in [-0.2, 0) is 0 Å². The normalized spacial score (nSPS) is 24.2. The molecule has 1 aliphatic rings. The molecule has 0 aromatic heterocycles. The molecule has 19 heavy (non-hydrogen) atoms. The Balaban J connectivity index is 2.00. The van der Waals surface area contributed by atoms with Crippen molar-refractivity contribution in [3.05, 3.63) is 35.1 Å². The topological polar surface area (TPSA) is 12.0 Å². The molecule has 1 fully saturated rings. The van der Waals surface area contributed by atoms with E-state index < -0.39 is 0 Å². The van der Waals surface area contributed by atoms with E-state index in [1.54, 1.807) is 13.0 Å². The van der Waals surface area contributed by atoms with Gasteiger partial charge < -0.3 is 5.32 Å². The highest BCUT2D eigenvalue weighted by Crippen LogP contribution is 2.35. The fourth-order valence-electron chi connectivity index (χ4n) is 3.17. The van der Waals surface area contributed by atoms with Crippen LogP contribution < -0.4 is 5.32 Å². The van der Waals surface area contributed by atoms with Crippen molar-refractivity contribution in [1.29, 1.82) is 0 Å². The third kappa shape index (κ3) is 3.79. The van der Waals surface area contributed by atoms with Crippen molar-refractivity contribution < 1.29 is 4.39 Å². The molecule has 0 saturated heterocycles. The molecular weight excluding hydrogens is 237 g/mol. The van der Waals surface area contributed by atoms with E-state index in [0.717, 1.165) is 11.1 Å². The zero-order valence-corrected chi connectivity index (χ0v) is 12.6. The molecule has 0 radical (unpaired) electrons. The maximum absolute atomic E-state index is 13.6. The quantitative estimate of drug-likeness (QED) is 0.829. The molecule has 106 valence electrons. The van der Waals surface area contributed by atoms with Gasteiger partial charge in [0.25, 0.3) is 0 Å². The molecule has 1 saturated carbocycles. The standard InChI is InChI=1S/C17H26FN/c1-12-7-8-14(10-16(12)18)13(2)19-15-6-5-9-17(3,4)11-15/h7-8,10,13,15,19H,5-6,9,11H2,1-4H3. The van der Waals surface area contributed by atoms with Crippen LogP contribution in [0.25, 0.3) is 0 Å². The Morgan fingerprint density at radius 2 is 2.11 bits per heavy atom. The van der Waals surface area contributed by atoms with Gasteiger partial charge in [-0.05, 0) is 55.7 Å². The highest BCUT2D eigenvalue weighted by Gasteiger charge is 2.28. The Hall–Kier alpha value is -0.890. The zero-order valence-electron chi connectivity index (χ0n) is 12.6. The molecule has 0 aliphatic heterocycles. The Morgan fingerprint density at radius 3 is 2.74 bits per heavy atom. The van der Waals surface area contributed by atoms with Crippen molar-refractivity contribution in [3.63, 3.8) is 0 Å². The molecule has 0 bridgehead atoms. The predicted molar refractivity (Wildman–Crippen MR) is 78.7 cm³/mol. The predicted octanol–water partition coefficient (Wildman–Crippen LogP) is 4.75. The summed E-state index contributed by atoms with van der Waals surface area (Å²) in [5.41, 5.74) is 2.20. The van der Waals surface area contributed by atoms with Gasteiger partial charge in [-0.25, -0.2) is 4.39 Å². The van der Waals surface area contributed by atoms with E-state index in [-0.39, 0.29) is 11.9 Å². The van der Waals surface area contributed by atoms with Crippen molar-refractivity contribution in [1.82, 2.24) is 5.32 Å². The first-order chi connectivity index (χ1) is 8.87. The summed E-state index contributed by atoms with van der Waals surface area (Å²) >= 11 is 0. The zero-order chi connectivity index (χ0) is 14.0. The molecule has 0 spiro atoms. The molecule has 1 aliphatic carbocycles. The molecule has 1 nitrogen and oxygen atoms in total. The van der Waals surface area contributed by atoms with E-state index in [1.807, 2.05) is 12.1 Å². The minimum atomic E-state index is -0.102. The SMILES string of the molecule is Cc1ccc(C(C)NC2CCCC(C)(C)C2)cc1F. The van der Waals surface area contributed by atoms with Gasteiger partial charge in [0.05, 0.1) is 0 Å². The lowest BCUT2D eigenvalue weighted by Crippen LogP contribution is -2.38. The maximum atomic E-state index is 13.6. The average molecular weight is 263 g/mol. The largest absolute Gasteiger partial charge is 0.307 e. The number of benzene rings is 1. The van der Waals surface area contributed by atoms with Gasteiger partial charge in [-0.1, -0.05) is 32.4 Å². The molecule has 1 aromatic rings. The van der Waals surface area contributed by atoms with Crippen LogP contribution in [0.15, 0.2) is 18.2 Å². The van der Waals surface area contributed by atoms with Gasteiger partial charge in [-0.2, -0.15) is 0 Å². The summed E-state index contributed by atoms with van der Waals surface area (Å²) in [4.78, 5) is 0. The summed E-state index contributed by atoms with van der Waals surface area (Å²) < 4.78 is 13.6. The van der Waals surface area contributed by atoms with Crippen LogP contribution in [0.1, 0.15) is 63.6 Å². The number of hydrogen-bond donors (Lipinski definition) is 1. The van der Waals surface area contributed by atoms with Crippen molar-refractivity contribution in [2.24, 2.45) is 5.41 Å². The Morgan fingerprint density at radius 1 is 1.37 bits per heavy atom. The van der Waals surface area contributed by atoms with Crippen LogP contribution >= 0.6 is 0 Å². The van der Waals surface area contributed by atoms with Crippen LogP contribution in [-0.4, -0.2) is 6.04 Å². The summed E-state index contributed by atoms with van der Waals surface area (Å²) in [7, 11) is 0. The molecule has 2 unspecified atom stereocenters. The number of rotatable bonds is 3. The molecule has 2 atom stereocenters. The Labute approximate surface area is 116 Å². The average Bonchev–Trinajstić information content (AvgIpc) is 2.31. The first kappa shape index (κ1) is 14.5. The van der Waals surface area contributed by atoms with Gasteiger partial charge in [-0.15, -0.1) is 0 Å². The third-order valence-corrected chi connectivity index (χ3v) is 4.39. The maximum Gasteiger partial charge on any atom is 0.126 e. The fourth-order valence-corrected chi connectivity index (χ4v) is 3.17. The second-order valence-electron chi connectivity index (χ2n) is 6.85. The van der Waals surface area contributed by atoms with Crippen LogP contribution in [0.3, 0.4) is 0 Å². The van der Waals surface area contributed by atoms with Gasteiger partial charge in [0.1, 0.15) is 5.82 Å². The summed E-state index contributed by atoms with van der Waals surface area (Å²) in [5, 5.41) is 3.67. The number of aryl methyl sites for hydroxylation is 1. The second kappa shape index (κ2) is 5.62. The van der Waals surface area contributed by atoms with E-state index >= 15 is 0 Å². The lowest BCUT2D eigenvalue weighted by atomic mass is 9.75. The lowest BCUT2D eigenvalue weighted by molar-refractivity contribution is 0.191. The third-order valence-electron chi connectivity index (χ3n) is 4.39.